The molecule has 4 aromatic rings. The van der Waals surface area contributed by atoms with E-state index in [0.717, 1.165) is 66.7 Å². The van der Waals surface area contributed by atoms with E-state index < -0.39 is 0 Å². The standard InChI is InChI=1S/C29H35N9O2S/c1-29(2,3)27-36-35-26(41-27)25(39)33-24-8-11-38(21-9-12-40-17-21)15-19-13-18(5-6-22(19)24)23-7-10-30-28(34-23)32-20-14-31-37(4)16-20/h5-7,10,13-14,16,21,24H,8-9,11-12,15,17H2,1-4H3,(H,33,39)(H,30,32,34)/t21-,24+/m0/s1. The lowest BCUT2D eigenvalue weighted by atomic mass is 9.96. The molecule has 2 N–H and O–H groups in total. The van der Waals surface area contributed by atoms with Crippen LogP contribution in [0.4, 0.5) is 11.6 Å². The molecule has 2 atom stereocenters. The van der Waals surface area contributed by atoms with E-state index in [-0.39, 0.29) is 17.4 Å². The Morgan fingerprint density at radius 3 is 2.78 bits per heavy atom. The van der Waals surface area contributed by atoms with E-state index in [1.54, 1.807) is 17.1 Å². The average Bonchev–Trinajstić information content (AvgIpc) is 3.71. The first-order valence-electron chi connectivity index (χ1n) is 13.9. The minimum Gasteiger partial charge on any atom is -0.380 e. The highest BCUT2D eigenvalue weighted by Gasteiger charge is 2.31. The smallest absolute Gasteiger partial charge is 0.282 e. The van der Waals surface area contributed by atoms with E-state index in [2.05, 4.69) is 74.8 Å². The molecule has 2 aliphatic rings. The average molecular weight is 574 g/mol. The predicted molar refractivity (Wildman–Crippen MR) is 157 cm³/mol. The molecule has 0 aliphatic carbocycles. The molecule has 2 aliphatic heterocycles. The van der Waals surface area contributed by atoms with E-state index >= 15 is 0 Å². The van der Waals surface area contributed by atoms with Crippen molar-refractivity contribution in [2.45, 2.75) is 57.7 Å². The number of rotatable bonds is 6. The molecule has 41 heavy (non-hydrogen) atoms. The molecule has 1 fully saturated rings. The van der Waals surface area contributed by atoms with Crippen LogP contribution in [0.1, 0.15) is 65.6 Å². The summed E-state index contributed by atoms with van der Waals surface area (Å²) in [6.45, 7) is 9.39. The van der Waals surface area contributed by atoms with Crippen molar-refractivity contribution >= 4 is 28.9 Å². The highest BCUT2D eigenvalue weighted by atomic mass is 32.1. The molecular formula is C29H35N9O2S. The van der Waals surface area contributed by atoms with Crippen molar-refractivity contribution in [3.05, 3.63) is 64.0 Å². The van der Waals surface area contributed by atoms with Crippen LogP contribution in [0.15, 0.2) is 42.9 Å². The lowest BCUT2D eigenvalue weighted by Crippen LogP contribution is -2.36. The Morgan fingerprint density at radius 2 is 2.05 bits per heavy atom. The number of nitrogens with one attached hydrogen (secondary N) is 2. The van der Waals surface area contributed by atoms with Gasteiger partial charge >= 0.3 is 0 Å². The van der Waals surface area contributed by atoms with Crippen molar-refractivity contribution < 1.29 is 9.53 Å². The van der Waals surface area contributed by atoms with Crippen molar-refractivity contribution in [1.82, 2.24) is 40.2 Å². The summed E-state index contributed by atoms with van der Waals surface area (Å²) < 4.78 is 7.45. The number of benzene rings is 1. The molecule has 1 amide bonds. The second-order valence-electron chi connectivity index (χ2n) is 11.7. The first-order valence-corrected chi connectivity index (χ1v) is 14.7. The third kappa shape index (κ3) is 6.14. The molecule has 0 radical (unpaired) electrons. The molecule has 0 spiro atoms. The Morgan fingerprint density at radius 1 is 1.17 bits per heavy atom. The van der Waals surface area contributed by atoms with Gasteiger partial charge in [0.1, 0.15) is 5.01 Å². The third-order valence-corrected chi connectivity index (χ3v) is 8.85. The lowest BCUT2D eigenvalue weighted by Gasteiger charge is -2.26. The Balaban J connectivity index is 1.28. The number of carbonyl (C=O) groups is 1. The van der Waals surface area contributed by atoms with Gasteiger partial charge in [-0.25, -0.2) is 9.97 Å². The predicted octanol–water partition coefficient (Wildman–Crippen LogP) is 4.24. The Kier molecular flexibility index (Phi) is 7.54. The number of nitrogens with zero attached hydrogens (tertiary/aromatic N) is 7. The summed E-state index contributed by atoms with van der Waals surface area (Å²) in [5.74, 6) is 0.324. The van der Waals surface area contributed by atoms with Crippen molar-refractivity contribution in [3.63, 3.8) is 0 Å². The molecule has 3 aromatic heterocycles. The van der Waals surface area contributed by atoms with E-state index in [1.807, 2.05) is 19.3 Å². The van der Waals surface area contributed by atoms with Gasteiger partial charge in [0.05, 0.1) is 30.2 Å². The summed E-state index contributed by atoms with van der Waals surface area (Å²) in [5.41, 5.74) is 4.77. The third-order valence-electron chi connectivity index (χ3n) is 7.50. The van der Waals surface area contributed by atoms with Gasteiger partial charge in [-0.3, -0.25) is 14.4 Å². The molecule has 214 valence electrons. The molecule has 11 nitrogen and oxygen atoms in total. The molecule has 0 saturated carbocycles. The molecule has 1 aromatic carbocycles. The zero-order valence-electron chi connectivity index (χ0n) is 23.8. The number of hydrogen-bond acceptors (Lipinski definition) is 10. The van der Waals surface area contributed by atoms with Crippen molar-refractivity contribution in [1.29, 1.82) is 0 Å². The first-order chi connectivity index (χ1) is 19.7. The summed E-state index contributed by atoms with van der Waals surface area (Å²) in [5, 5.41) is 20.4. The van der Waals surface area contributed by atoms with Crippen LogP contribution in [0.25, 0.3) is 11.3 Å². The van der Waals surface area contributed by atoms with Crippen molar-refractivity contribution in [2.75, 3.05) is 25.1 Å². The van der Waals surface area contributed by atoms with Gasteiger partial charge in [0, 0.05) is 56.2 Å². The number of anilines is 2. The van der Waals surface area contributed by atoms with Crippen LogP contribution in [0.5, 0.6) is 0 Å². The SMILES string of the molecule is Cn1cc(Nc2nccc(-c3ccc4c(c3)CN([C@H]3CCOC3)CC[C@H]4NC(=O)c3nnc(C(C)(C)C)s3)n2)cn1. The molecule has 0 unspecified atom stereocenters. The maximum Gasteiger partial charge on any atom is 0.282 e. The van der Waals surface area contributed by atoms with Gasteiger partial charge in [0.15, 0.2) is 0 Å². The number of carbonyl (C=O) groups excluding carboxylic acids is 1. The lowest BCUT2D eigenvalue weighted by molar-refractivity contribution is 0.0928. The minimum absolute atomic E-state index is 0.144. The second kappa shape index (κ2) is 11.3. The zero-order chi connectivity index (χ0) is 28.6. The van der Waals surface area contributed by atoms with Gasteiger partial charge < -0.3 is 15.4 Å². The molecule has 6 rings (SSSR count). The van der Waals surface area contributed by atoms with Gasteiger partial charge in [-0.05, 0) is 36.1 Å². The van der Waals surface area contributed by atoms with Gasteiger partial charge in [0.25, 0.3) is 5.91 Å². The monoisotopic (exact) mass is 573 g/mol. The Bertz CT molecular complexity index is 1540. The number of fused-ring (bicyclic) bond motifs is 1. The quantitative estimate of drug-likeness (QED) is 0.349. The van der Waals surface area contributed by atoms with Gasteiger partial charge in [0.2, 0.25) is 11.0 Å². The fourth-order valence-corrected chi connectivity index (χ4v) is 6.10. The maximum absolute atomic E-state index is 13.3. The maximum atomic E-state index is 13.3. The molecule has 1 saturated heterocycles. The van der Waals surface area contributed by atoms with Gasteiger partial charge in [-0.2, -0.15) is 5.10 Å². The van der Waals surface area contributed by atoms with Gasteiger partial charge in [-0.1, -0.05) is 44.2 Å². The van der Waals surface area contributed by atoms with Gasteiger partial charge in [-0.15, -0.1) is 10.2 Å². The summed E-state index contributed by atoms with van der Waals surface area (Å²) in [7, 11) is 1.87. The first kappa shape index (κ1) is 27.4. The van der Waals surface area contributed by atoms with Crippen LogP contribution in [0.3, 0.4) is 0 Å². The normalized spacial score (nSPS) is 19.5. The topological polar surface area (TPSA) is 123 Å². The highest BCUT2D eigenvalue weighted by molar-refractivity contribution is 7.13. The summed E-state index contributed by atoms with van der Waals surface area (Å²) >= 11 is 1.36. The number of hydrogen-bond donors (Lipinski definition) is 2. The van der Waals surface area contributed by atoms with E-state index in [0.29, 0.717) is 17.0 Å². The number of amides is 1. The van der Waals surface area contributed by atoms with Crippen LogP contribution in [0, 0.1) is 0 Å². The molecule has 5 heterocycles. The fraction of sp³-hybridized carbons (Fsp3) is 0.448. The van der Waals surface area contributed by atoms with Crippen LogP contribution >= 0.6 is 11.3 Å². The molecule has 0 bridgehead atoms. The largest absolute Gasteiger partial charge is 0.380 e. The fourth-order valence-electron chi connectivity index (χ4n) is 5.29. The molecular weight excluding hydrogens is 538 g/mol. The van der Waals surface area contributed by atoms with Crippen LogP contribution in [-0.2, 0) is 23.7 Å². The summed E-state index contributed by atoms with van der Waals surface area (Å²) in [6, 6.07) is 8.53. The van der Waals surface area contributed by atoms with E-state index in [4.69, 9.17) is 9.72 Å². The second-order valence-corrected chi connectivity index (χ2v) is 12.6. The molecule has 12 heteroatoms. The zero-order valence-corrected chi connectivity index (χ0v) is 24.6. The van der Waals surface area contributed by atoms with Crippen LogP contribution < -0.4 is 10.6 Å². The number of aryl methyl sites for hydroxylation is 1. The van der Waals surface area contributed by atoms with E-state index in [9.17, 15) is 4.79 Å². The van der Waals surface area contributed by atoms with Crippen molar-refractivity contribution in [2.24, 2.45) is 7.05 Å². The van der Waals surface area contributed by atoms with Crippen molar-refractivity contribution in [3.8, 4) is 11.3 Å². The van der Waals surface area contributed by atoms with E-state index in [1.165, 1.54) is 16.9 Å². The highest BCUT2D eigenvalue weighted by Crippen LogP contribution is 2.33. The van der Waals surface area contributed by atoms with Crippen LogP contribution in [0.2, 0.25) is 0 Å². The van der Waals surface area contributed by atoms with Crippen LogP contribution in [-0.4, -0.2) is 66.6 Å². The Hall–Kier alpha value is -3.74. The summed E-state index contributed by atoms with van der Waals surface area (Å²) in [6.07, 6.45) is 7.18. The number of aromatic nitrogens is 6. The number of ether oxygens (including phenoxy) is 1. The summed E-state index contributed by atoms with van der Waals surface area (Å²) in [4.78, 5) is 25.0. The minimum atomic E-state index is -0.183. The Labute approximate surface area is 243 Å².